The van der Waals surface area contributed by atoms with Gasteiger partial charge in [-0.1, -0.05) is 19.9 Å². The van der Waals surface area contributed by atoms with Gasteiger partial charge in [-0.15, -0.1) is 0 Å². The van der Waals surface area contributed by atoms with Gasteiger partial charge in [-0.3, -0.25) is 4.79 Å². The van der Waals surface area contributed by atoms with E-state index in [4.69, 9.17) is 9.84 Å². The van der Waals surface area contributed by atoms with E-state index in [1.807, 2.05) is 19.1 Å². The number of hydrogen-bond acceptors (Lipinski definition) is 3. The number of aryl methyl sites for hydroxylation is 1. The summed E-state index contributed by atoms with van der Waals surface area (Å²) in [5.74, 6) is 1.08. The van der Waals surface area contributed by atoms with Crippen molar-refractivity contribution in [3.05, 3.63) is 29.3 Å². The maximum absolute atomic E-state index is 12.2. The van der Waals surface area contributed by atoms with Gasteiger partial charge in [-0.25, -0.2) is 0 Å². The molecule has 1 amide bonds. The number of nitrogens with zero attached hydrogens (tertiary/aromatic N) is 1. The van der Waals surface area contributed by atoms with Crippen LogP contribution in [0.25, 0.3) is 0 Å². The van der Waals surface area contributed by atoms with E-state index in [-0.39, 0.29) is 12.5 Å². The number of rotatable bonds is 7. The van der Waals surface area contributed by atoms with Gasteiger partial charge in [0, 0.05) is 13.1 Å². The number of hydrogen-bond donors (Lipinski definition) is 1. The molecule has 4 nitrogen and oxygen atoms in total. The lowest BCUT2D eigenvalue weighted by Gasteiger charge is -2.24. The van der Waals surface area contributed by atoms with E-state index in [1.165, 1.54) is 11.1 Å². The normalized spacial score (nSPS) is 12.3. The zero-order valence-electron chi connectivity index (χ0n) is 13.7. The van der Waals surface area contributed by atoms with Gasteiger partial charge in [0.25, 0.3) is 5.91 Å². The maximum atomic E-state index is 12.2. The van der Waals surface area contributed by atoms with E-state index in [0.29, 0.717) is 24.8 Å². The van der Waals surface area contributed by atoms with Crippen molar-refractivity contribution in [2.24, 2.45) is 0 Å². The first-order valence-corrected chi connectivity index (χ1v) is 7.57. The highest BCUT2D eigenvalue weighted by Gasteiger charge is 2.20. The quantitative estimate of drug-likeness (QED) is 0.841. The molecule has 0 saturated heterocycles. The molecular formula is C17H27NO3. The molecule has 1 rings (SSSR count). The molecule has 0 bridgehead atoms. The monoisotopic (exact) mass is 293 g/mol. The number of amides is 1. The number of carbonyl (C=O) groups is 1. The Morgan fingerprint density at radius 1 is 1.33 bits per heavy atom. The molecule has 0 aliphatic rings. The molecule has 0 saturated carbocycles. The molecule has 21 heavy (non-hydrogen) atoms. The number of ether oxygens (including phenoxy) is 1. The molecule has 0 fully saturated rings. The predicted molar refractivity (Wildman–Crippen MR) is 84.7 cm³/mol. The molecule has 0 aromatic heterocycles. The standard InChI is InChI=1S/C17H27NO3/c1-6-18(9-10-19)17(20)14(5)21-15-7-8-16(12(2)3)13(4)11-15/h7-8,11-12,14,19H,6,9-10H2,1-5H3. The fraction of sp³-hybridized carbons (Fsp3) is 0.588. The second-order valence-corrected chi connectivity index (χ2v) is 5.57. The fourth-order valence-electron chi connectivity index (χ4n) is 2.43. The summed E-state index contributed by atoms with van der Waals surface area (Å²) in [7, 11) is 0. The Labute approximate surface area is 127 Å². The molecular weight excluding hydrogens is 266 g/mol. The molecule has 0 heterocycles. The first-order valence-electron chi connectivity index (χ1n) is 7.57. The zero-order chi connectivity index (χ0) is 16.0. The Hall–Kier alpha value is -1.55. The first-order chi connectivity index (χ1) is 9.90. The van der Waals surface area contributed by atoms with E-state index in [2.05, 4.69) is 26.8 Å². The number of carbonyl (C=O) groups excluding carboxylic acids is 1. The van der Waals surface area contributed by atoms with Gasteiger partial charge in [0.15, 0.2) is 6.10 Å². The Morgan fingerprint density at radius 2 is 2.00 bits per heavy atom. The first kappa shape index (κ1) is 17.5. The van der Waals surface area contributed by atoms with Gasteiger partial charge in [0.05, 0.1) is 6.61 Å². The third kappa shape index (κ3) is 4.74. The molecule has 4 heteroatoms. The molecule has 118 valence electrons. The average Bonchev–Trinajstić information content (AvgIpc) is 2.43. The average molecular weight is 293 g/mol. The van der Waals surface area contributed by atoms with E-state index < -0.39 is 6.10 Å². The van der Waals surface area contributed by atoms with Crippen molar-refractivity contribution >= 4 is 5.91 Å². The number of aliphatic hydroxyl groups is 1. The molecule has 0 aliphatic carbocycles. The van der Waals surface area contributed by atoms with Gasteiger partial charge in [-0.05, 0) is 49.9 Å². The largest absolute Gasteiger partial charge is 0.481 e. The second kappa shape index (κ2) is 8.03. The van der Waals surface area contributed by atoms with Gasteiger partial charge >= 0.3 is 0 Å². The minimum Gasteiger partial charge on any atom is -0.481 e. The van der Waals surface area contributed by atoms with Crippen LogP contribution in [-0.4, -0.2) is 41.7 Å². The van der Waals surface area contributed by atoms with Crippen molar-refractivity contribution in [1.82, 2.24) is 4.90 Å². The van der Waals surface area contributed by atoms with Gasteiger partial charge in [0.1, 0.15) is 5.75 Å². The van der Waals surface area contributed by atoms with Crippen LogP contribution in [-0.2, 0) is 4.79 Å². The maximum Gasteiger partial charge on any atom is 0.263 e. The number of aliphatic hydroxyl groups excluding tert-OH is 1. The molecule has 0 spiro atoms. The summed E-state index contributed by atoms with van der Waals surface area (Å²) in [6, 6.07) is 5.94. The Kier molecular flexibility index (Phi) is 6.69. The second-order valence-electron chi connectivity index (χ2n) is 5.57. The molecule has 0 aliphatic heterocycles. The van der Waals surface area contributed by atoms with Crippen LogP contribution in [0.15, 0.2) is 18.2 Å². The third-order valence-electron chi connectivity index (χ3n) is 3.59. The van der Waals surface area contributed by atoms with Crippen molar-refractivity contribution in [3.63, 3.8) is 0 Å². The number of benzene rings is 1. The van der Waals surface area contributed by atoms with Crippen molar-refractivity contribution < 1.29 is 14.6 Å². The van der Waals surface area contributed by atoms with Crippen LogP contribution in [0.2, 0.25) is 0 Å². The molecule has 1 unspecified atom stereocenters. The molecule has 1 aromatic rings. The minimum atomic E-state index is -0.555. The highest BCUT2D eigenvalue weighted by molar-refractivity contribution is 5.80. The van der Waals surface area contributed by atoms with E-state index in [1.54, 1.807) is 11.8 Å². The minimum absolute atomic E-state index is 0.0332. The molecule has 1 aromatic carbocycles. The van der Waals surface area contributed by atoms with Crippen LogP contribution in [0.1, 0.15) is 44.7 Å². The van der Waals surface area contributed by atoms with Gasteiger partial charge in [0.2, 0.25) is 0 Å². The Bertz CT molecular complexity index is 471. The smallest absolute Gasteiger partial charge is 0.263 e. The summed E-state index contributed by atoms with van der Waals surface area (Å²) in [5.41, 5.74) is 2.46. The van der Waals surface area contributed by atoms with Crippen LogP contribution in [0.4, 0.5) is 0 Å². The molecule has 1 atom stereocenters. The lowest BCUT2D eigenvalue weighted by atomic mass is 9.98. The Morgan fingerprint density at radius 3 is 2.48 bits per heavy atom. The van der Waals surface area contributed by atoms with Gasteiger partial charge < -0.3 is 14.7 Å². The summed E-state index contributed by atoms with van der Waals surface area (Å²) in [6.07, 6.45) is -0.555. The fourth-order valence-corrected chi connectivity index (χ4v) is 2.43. The Balaban J connectivity index is 2.76. The highest BCUT2D eigenvalue weighted by Crippen LogP contribution is 2.24. The van der Waals surface area contributed by atoms with Crippen LogP contribution in [0.3, 0.4) is 0 Å². The summed E-state index contributed by atoms with van der Waals surface area (Å²) < 4.78 is 5.75. The SMILES string of the molecule is CCN(CCO)C(=O)C(C)Oc1ccc(C(C)C)c(C)c1. The summed E-state index contributed by atoms with van der Waals surface area (Å²) in [4.78, 5) is 13.8. The third-order valence-corrected chi connectivity index (χ3v) is 3.59. The summed E-state index contributed by atoms with van der Waals surface area (Å²) in [5, 5.41) is 8.97. The predicted octanol–water partition coefficient (Wildman–Crippen LogP) is 2.73. The zero-order valence-corrected chi connectivity index (χ0v) is 13.7. The van der Waals surface area contributed by atoms with Crippen molar-refractivity contribution in [2.45, 2.75) is 46.6 Å². The number of likely N-dealkylation sites (N-methyl/N-ethyl adjacent to an activating group) is 1. The van der Waals surface area contributed by atoms with E-state index in [0.717, 1.165) is 0 Å². The summed E-state index contributed by atoms with van der Waals surface area (Å²) >= 11 is 0. The molecule has 0 radical (unpaired) electrons. The van der Waals surface area contributed by atoms with Crippen LogP contribution in [0, 0.1) is 6.92 Å². The lowest BCUT2D eigenvalue weighted by molar-refractivity contribution is -0.138. The van der Waals surface area contributed by atoms with Crippen LogP contribution < -0.4 is 4.74 Å². The lowest BCUT2D eigenvalue weighted by Crippen LogP contribution is -2.41. The van der Waals surface area contributed by atoms with Gasteiger partial charge in [-0.2, -0.15) is 0 Å². The topological polar surface area (TPSA) is 49.8 Å². The van der Waals surface area contributed by atoms with Crippen molar-refractivity contribution in [1.29, 1.82) is 0 Å². The van der Waals surface area contributed by atoms with Crippen molar-refractivity contribution in [2.75, 3.05) is 19.7 Å². The molecule has 1 N–H and O–H groups in total. The van der Waals surface area contributed by atoms with Crippen LogP contribution in [0.5, 0.6) is 5.75 Å². The van der Waals surface area contributed by atoms with Crippen LogP contribution >= 0.6 is 0 Å². The van der Waals surface area contributed by atoms with E-state index in [9.17, 15) is 4.79 Å². The summed E-state index contributed by atoms with van der Waals surface area (Å²) in [6.45, 7) is 10.9. The highest BCUT2D eigenvalue weighted by atomic mass is 16.5. The van der Waals surface area contributed by atoms with Crippen molar-refractivity contribution in [3.8, 4) is 5.75 Å². The van der Waals surface area contributed by atoms with E-state index >= 15 is 0 Å².